The Kier molecular flexibility index (Phi) is 5.27. The van der Waals surface area contributed by atoms with Crippen molar-refractivity contribution < 1.29 is 19.1 Å². The number of nitrogens with zero attached hydrogens (tertiary/aromatic N) is 3. The van der Waals surface area contributed by atoms with Gasteiger partial charge in [-0.05, 0) is 55.0 Å². The molecule has 0 unspecified atom stereocenters. The summed E-state index contributed by atoms with van der Waals surface area (Å²) in [6.07, 6.45) is 1.85. The lowest BCUT2D eigenvalue weighted by molar-refractivity contribution is -0.149. The van der Waals surface area contributed by atoms with Gasteiger partial charge in [0.05, 0.1) is 6.10 Å². The number of rotatable bonds is 4. The molecule has 1 atom stereocenters. The number of aliphatic hydroxyl groups is 1. The third-order valence-corrected chi connectivity index (χ3v) is 5.80. The quantitative estimate of drug-likeness (QED) is 0.830. The van der Waals surface area contributed by atoms with Crippen molar-refractivity contribution in [3.05, 3.63) is 58.5 Å². The summed E-state index contributed by atoms with van der Waals surface area (Å²) in [6.45, 7) is 1.68. The molecule has 2 aromatic rings. The Labute approximate surface area is 172 Å². The number of hydrogen-bond donors (Lipinski definition) is 1. The third-order valence-electron chi connectivity index (χ3n) is 5.55. The number of aromatic nitrogens is 1. The van der Waals surface area contributed by atoms with Gasteiger partial charge in [-0.15, -0.1) is 0 Å². The number of carbonyl (C=O) groups excluding carboxylic acids is 2. The lowest BCUT2D eigenvalue weighted by Gasteiger charge is -2.47. The fourth-order valence-electron chi connectivity index (χ4n) is 3.97. The van der Waals surface area contributed by atoms with Gasteiger partial charge in [0.2, 0.25) is 5.91 Å². The summed E-state index contributed by atoms with van der Waals surface area (Å²) in [6, 6.07) is 7.60. The molecule has 1 saturated carbocycles. The van der Waals surface area contributed by atoms with E-state index in [2.05, 4.69) is 4.98 Å². The van der Waals surface area contributed by atoms with Crippen molar-refractivity contribution in [1.29, 1.82) is 0 Å². The Morgan fingerprint density at radius 1 is 1.24 bits per heavy atom. The van der Waals surface area contributed by atoms with Crippen LogP contribution in [0.2, 0.25) is 5.02 Å². The van der Waals surface area contributed by atoms with Crippen LogP contribution in [0.1, 0.15) is 24.0 Å². The highest BCUT2D eigenvalue weighted by molar-refractivity contribution is 6.30. The first-order chi connectivity index (χ1) is 13.8. The number of aryl methyl sites for hydroxylation is 1. The van der Waals surface area contributed by atoms with Crippen LogP contribution in [0.15, 0.2) is 36.5 Å². The Bertz CT molecular complexity index is 947. The zero-order chi connectivity index (χ0) is 20.7. The third kappa shape index (κ3) is 3.84. The van der Waals surface area contributed by atoms with Crippen molar-refractivity contribution in [1.82, 2.24) is 9.88 Å². The predicted octanol–water partition coefficient (Wildman–Crippen LogP) is 2.70. The van der Waals surface area contributed by atoms with E-state index in [9.17, 15) is 19.1 Å². The summed E-state index contributed by atoms with van der Waals surface area (Å²) in [7, 11) is 0. The number of amides is 2. The number of anilines is 1. The van der Waals surface area contributed by atoms with Crippen LogP contribution in [-0.2, 0) is 16.1 Å². The van der Waals surface area contributed by atoms with Crippen molar-refractivity contribution in [3.63, 3.8) is 0 Å². The van der Waals surface area contributed by atoms with Crippen LogP contribution in [0, 0.1) is 18.7 Å². The molecule has 1 aliphatic heterocycles. The highest BCUT2D eigenvalue weighted by Crippen LogP contribution is 2.37. The van der Waals surface area contributed by atoms with Gasteiger partial charge in [-0.1, -0.05) is 23.7 Å². The number of piperazine rings is 1. The first-order valence-electron chi connectivity index (χ1n) is 9.49. The van der Waals surface area contributed by atoms with E-state index in [1.807, 2.05) is 0 Å². The molecule has 2 fully saturated rings. The molecule has 0 radical (unpaired) electrons. The topological polar surface area (TPSA) is 73.7 Å². The van der Waals surface area contributed by atoms with E-state index in [1.54, 1.807) is 31.2 Å². The summed E-state index contributed by atoms with van der Waals surface area (Å²) >= 11 is 5.93. The normalized spacial score (nSPS) is 24.6. The molecule has 1 N–H and O–H groups in total. The van der Waals surface area contributed by atoms with Crippen molar-refractivity contribution in [2.75, 3.05) is 11.4 Å². The summed E-state index contributed by atoms with van der Waals surface area (Å²) in [5.41, 5.74) is 1.47. The van der Waals surface area contributed by atoms with Crippen LogP contribution < -0.4 is 4.90 Å². The second kappa shape index (κ2) is 7.72. The molecular weight excluding hydrogens is 397 g/mol. The lowest BCUT2D eigenvalue weighted by atomic mass is 9.75. The maximum Gasteiger partial charge on any atom is 0.251 e. The molecular formula is C21H21ClFN3O3. The summed E-state index contributed by atoms with van der Waals surface area (Å²) < 4.78 is 14.5. The largest absolute Gasteiger partial charge is 0.393 e. The number of aliphatic hydroxyl groups excluding tert-OH is 1. The monoisotopic (exact) mass is 417 g/mol. The van der Waals surface area contributed by atoms with Crippen molar-refractivity contribution in [2.45, 2.75) is 38.5 Å². The summed E-state index contributed by atoms with van der Waals surface area (Å²) in [4.78, 5) is 33.0. The molecule has 4 rings (SSSR count). The van der Waals surface area contributed by atoms with Crippen molar-refractivity contribution >= 4 is 29.2 Å². The molecule has 6 nitrogen and oxygen atoms in total. The Morgan fingerprint density at radius 2 is 1.93 bits per heavy atom. The number of halogens is 2. The van der Waals surface area contributed by atoms with Crippen LogP contribution in [0.25, 0.3) is 0 Å². The van der Waals surface area contributed by atoms with E-state index in [4.69, 9.17) is 11.6 Å². The number of benzene rings is 1. The van der Waals surface area contributed by atoms with Gasteiger partial charge in [0.25, 0.3) is 5.91 Å². The smallest absolute Gasteiger partial charge is 0.251 e. The molecule has 1 aromatic carbocycles. The van der Waals surface area contributed by atoms with Crippen LogP contribution in [0.4, 0.5) is 10.2 Å². The minimum atomic E-state index is -0.766. The highest BCUT2D eigenvalue weighted by Gasteiger charge is 2.48. The second-order valence-corrected chi connectivity index (χ2v) is 8.16. The fraction of sp³-hybridized carbons (Fsp3) is 0.381. The van der Waals surface area contributed by atoms with E-state index in [1.165, 1.54) is 17.2 Å². The SMILES string of the molecule is Cc1cnc(N2CC(=O)N(Cc3ccc(Cl)cc3)[C@H](C3CC(O)C3)C2=O)c(F)c1. The number of hydrogen-bond acceptors (Lipinski definition) is 4. The standard InChI is InChI=1S/C21H21ClFN3O3/c1-12-6-17(23)20(24-9-12)26-11-18(28)25(10-13-2-4-15(22)5-3-13)19(21(26)29)14-7-16(27)8-14/h2-6,9,14,16,19,27H,7-8,10-11H2,1H3/t14?,16?,19-/m1/s1. The highest BCUT2D eigenvalue weighted by atomic mass is 35.5. The first-order valence-corrected chi connectivity index (χ1v) is 9.87. The van der Waals surface area contributed by atoms with E-state index in [0.717, 1.165) is 10.5 Å². The van der Waals surface area contributed by atoms with Gasteiger partial charge in [0.1, 0.15) is 12.6 Å². The average Bonchev–Trinajstić information content (AvgIpc) is 2.65. The first kappa shape index (κ1) is 19.8. The van der Waals surface area contributed by atoms with Crippen LogP contribution in [0.5, 0.6) is 0 Å². The van der Waals surface area contributed by atoms with Crippen molar-refractivity contribution in [2.24, 2.45) is 5.92 Å². The zero-order valence-corrected chi connectivity index (χ0v) is 16.6. The van der Waals surface area contributed by atoms with Gasteiger partial charge < -0.3 is 10.0 Å². The molecule has 29 heavy (non-hydrogen) atoms. The van der Waals surface area contributed by atoms with Crippen LogP contribution in [0.3, 0.4) is 0 Å². The van der Waals surface area contributed by atoms with Gasteiger partial charge in [0.15, 0.2) is 11.6 Å². The molecule has 8 heteroatoms. The minimum absolute atomic E-state index is 0.134. The molecule has 1 saturated heterocycles. The molecule has 1 aliphatic carbocycles. The fourth-order valence-corrected chi connectivity index (χ4v) is 4.10. The lowest BCUT2D eigenvalue weighted by Crippen LogP contribution is -2.64. The Hall–Kier alpha value is -2.51. The molecule has 0 spiro atoms. The second-order valence-electron chi connectivity index (χ2n) is 7.72. The van der Waals surface area contributed by atoms with Gasteiger partial charge in [-0.2, -0.15) is 0 Å². The molecule has 2 heterocycles. The van der Waals surface area contributed by atoms with Crippen LogP contribution in [-0.4, -0.2) is 45.5 Å². The number of carbonyl (C=O) groups is 2. The van der Waals surface area contributed by atoms with E-state index < -0.39 is 18.0 Å². The van der Waals surface area contributed by atoms with Gasteiger partial charge in [0, 0.05) is 17.8 Å². The van der Waals surface area contributed by atoms with E-state index in [0.29, 0.717) is 23.4 Å². The number of pyridine rings is 1. The summed E-state index contributed by atoms with van der Waals surface area (Å²) in [5, 5.41) is 10.3. The molecule has 1 aromatic heterocycles. The van der Waals surface area contributed by atoms with Crippen LogP contribution >= 0.6 is 11.6 Å². The van der Waals surface area contributed by atoms with Gasteiger partial charge in [-0.3, -0.25) is 14.5 Å². The van der Waals surface area contributed by atoms with E-state index in [-0.39, 0.29) is 36.6 Å². The summed E-state index contributed by atoms with van der Waals surface area (Å²) in [5.74, 6) is -1.60. The van der Waals surface area contributed by atoms with Gasteiger partial charge in [-0.25, -0.2) is 9.37 Å². The van der Waals surface area contributed by atoms with Crippen molar-refractivity contribution in [3.8, 4) is 0 Å². The zero-order valence-electron chi connectivity index (χ0n) is 15.9. The minimum Gasteiger partial charge on any atom is -0.393 e. The average molecular weight is 418 g/mol. The molecule has 152 valence electrons. The Balaban J connectivity index is 1.65. The Morgan fingerprint density at radius 3 is 2.55 bits per heavy atom. The molecule has 2 aliphatic rings. The molecule has 2 amide bonds. The maximum atomic E-state index is 14.5. The maximum absolute atomic E-state index is 14.5. The molecule has 0 bridgehead atoms. The van der Waals surface area contributed by atoms with E-state index >= 15 is 0 Å². The predicted molar refractivity (Wildman–Crippen MR) is 106 cm³/mol. The van der Waals surface area contributed by atoms with Gasteiger partial charge >= 0.3 is 0 Å².